The van der Waals surface area contributed by atoms with Crippen molar-refractivity contribution in [2.24, 2.45) is 0 Å². The fraction of sp³-hybridized carbons (Fsp3) is 0.889. The highest BCUT2D eigenvalue weighted by Gasteiger charge is 2.74. The smallest absolute Gasteiger partial charge is 0.460 e. The van der Waals surface area contributed by atoms with E-state index in [9.17, 15) is 48.3 Å². The Balaban J connectivity index is 2.99. The molecular weight excluding hydrogens is 388 g/mol. The molecule has 0 amide bonds. The van der Waals surface area contributed by atoms with Crippen LogP contribution < -0.4 is 0 Å². The van der Waals surface area contributed by atoms with Crippen LogP contribution in [0, 0.1) is 0 Å². The number of ether oxygens (including phenoxy) is 2. The molecule has 1 aliphatic heterocycles. The lowest BCUT2D eigenvalue weighted by Gasteiger charge is -2.32. The topological polar surface area (TPSA) is 89.9 Å². The molecule has 0 aromatic carbocycles. The summed E-state index contributed by atoms with van der Waals surface area (Å²) in [5.41, 5.74) is 0. The van der Waals surface area contributed by atoms with Gasteiger partial charge in [0.15, 0.2) is 0 Å². The molecule has 1 heterocycles. The Labute approximate surface area is 128 Å². The molecule has 1 fully saturated rings. The van der Waals surface area contributed by atoms with Gasteiger partial charge < -0.3 is 4.74 Å². The molecule has 1 atom stereocenters. The first kappa shape index (κ1) is 20.8. The molecule has 0 radical (unpaired) electrons. The van der Waals surface area contributed by atoms with Crippen molar-refractivity contribution >= 4 is 16.1 Å². The number of hydrogen-bond acceptors (Lipinski definition) is 5. The molecule has 0 aromatic rings. The summed E-state index contributed by atoms with van der Waals surface area (Å²) in [5, 5.41) is -6.63. The second kappa shape index (κ2) is 5.94. The van der Waals surface area contributed by atoms with Crippen molar-refractivity contribution in [2.45, 2.75) is 48.8 Å². The molecule has 1 unspecified atom stereocenters. The number of carbonyl (C=O) groups excluding carboxylic acids is 1. The zero-order valence-corrected chi connectivity index (χ0v) is 11.9. The lowest BCUT2D eigenvalue weighted by molar-refractivity contribution is -0.457. The van der Waals surface area contributed by atoms with Crippen LogP contribution in [-0.2, 0) is 24.4 Å². The van der Waals surface area contributed by atoms with Crippen LogP contribution in [0.3, 0.4) is 0 Å². The molecule has 1 rings (SSSR count). The number of carbonyl (C=O) groups is 1. The first-order chi connectivity index (χ1) is 10.4. The van der Waals surface area contributed by atoms with Gasteiger partial charge in [0.25, 0.3) is 0 Å². The molecular formula is C9H8F8O6S. The van der Waals surface area contributed by atoms with Gasteiger partial charge in [0.2, 0.25) is 0 Å². The molecule has 1 N–H and O–H groups in total. The minimum absolute atomic E-state index is 0.413. The quantitative estimate of drug-likeness (QED) is 0.404. The summed E-state index contributed by atoms with van der Waals surface area (Å²) < 4.78 is 139. The van der Waals surface area contributed by atoms with Gasteiger partial charge in [0, 0.05) is 6.42 Å². The highest BCUT2D eigenvalue weighted by molar-refractivity contribution is 7.86. The molecule has 142 valence electrons. The first-order valence-electron chi connectivity index (χ1n) is 5.81. The number of cyclic esters (lactones) is 1. The van der Waals surface area contributed by atoms with Gasteiger partial charge in [-0.2, -0.15) is 43.5 Å². The number of halogens is 8. The molecule has 24 heavy (non-hydrogen) atoms. The molecule has 15 heteroatoms. The van der Waals surface area contributed by atoms with Crippen LogP contribution in [0.25, 0.3) is 0 Å². The van der Waals surface area contributed by atoms with Crippen molar-refractivity contribution in [3.8, 4) is 0 Å². The van der Waals surface area contributed by atoms with Crippen LogP contribution >= 0.6 is 0 Å². The van der Waals surface area contributed by atoms with E-state index in [1.54, 1.807) is 0 Å². The van der Waals surface area contributed by atoms with Crippen molar-refractivity contribution < 1.29 is 62.4 Å². The van der Waals surface area contributed by atoms with Crippen molar-refractivity contribution in [2.75, 3.05) is 0 Å². The van der Waals surface area contributed by atoms with Crippen LogP contribution in [0.4, 0.5) is 35.1 Å². The van der Waals surface area contributed by atoms with E-state index in [1.165, 1.54) is 0 Å². The second-order valence-corrected chi connectivity index (χ2v) is 6.15. The monoisotopic (exact) mass is 396 g/mol. The zero-order chi connectivity index (χ0) is 19.2. The van der Waals surface area contributed by atoms with Gasteiger partial charge in [-0.3, -0.25) is 9.35 Å². The Morgan fingerprint density at radius 3 is 1.96 bits per heavy atom. The summed E-state index contributed by atoms with van der Waals surface area (Å²) in [6.45, 7) is 0. The summed E-state index contributed by atoms with van der Waals surface area (Å²) in [7, 11) is -6.96. The Kier molecular flexibility index (Phi) is 5.16. The number of esters is 1. The maximum Gasteiger partial charge on any atom is 0.460 e. The fourth-order valence-electron chi connectivity index (χ4n) is 1.58. The van der Waals surface area contributed by atoms with Gasteiger partial charge in [-0.1, -0.05) is 0 Å². The van der Waals surface area contributed by atoms with Crippen LogP contribution in [-0.4, -0.2) is 48.4 Å². The Hall–Kier alpha value is -1.22. The minimum atomic E-state index is -6.96. The molecule has 1 aliphatic rings. The van der Waals surface area contributed by atoms with E-state index in [0.717, 1.165) is 0 Å². The maximum absolute atomic E-state index is 13.3. The Morgan fingerprint density at radius 2 is 1.58 bits per heavy atom. The van der Waals surface area contributed by atoms with Gasteiger partial charge in [0.05, 0.1) is 6.42 Å². The van der Waals surface area contributed by atoms with E-state index in [4.69, 9.17) is 4.55 Å². The molecule has 0 bridgehead atoms. The van der Waals surface area contributed by atoms with E-state index in [2.05, 4.69) is 9.47 Å². The molecule has 0 aliphatic carbocycles. The predicted molar refractivity (Wildman–Crippen MR) is 56.2 cm³/mol. The van der Waals surface area contributed by atoms with Crippen LogP contribution in [0.15, 0.2) is 0 Å². The first-order valence-corrected chi connectivity index (χ1v) is 7.25. The van der Waals surface area contributed by atoms with E-state index in [0.29, 0.717) is 0 Å². The van der Waals surface area contributed by atoms with Gasteiger partial charge in [0.1, 0.15) is 6.10 Å². The summed E-state index contributed by atoms with van der Waals surface area (Å²) in [6, 6.07) is 0. The minimum Gasteiger partial charge on any atom is -0.462 e. The van der Waals surface area contributed by atoms with Crippen LogP contribution in [0.5, 0.6) is 0 Å². The van der Waals surface area contributed by atoms with Crippen molar-refractivity contribution in [3.05, 3.63) is 0 Å². The SMILES string of the molecule is O=C1CCC(CC(F)(F)C(F)(F)OC(F)(F)C(F)(F)S(=O)(=O)O)O1. The Morgan fingerprint density at radius 1 is 1.08 bits per heavy atom. The third-order valence-electron chi connectivity index (χ3n) is 2.80. The average molecular weight is 396 g/mol. The van der Waals surface area contributed by atoms with Crippen molar-refractivity contribution in [1.82, 2.24) is 0 Å². The van der Waals surface area contributed by atoms with E-state index in [-0.39, 0.29) is 0 Å². The number of hydrogen-bond donors (Lipinski definition) is 1. The highest BCUT2D eigenvalue weighted by atomic mass is 32.2. The van der Waals surface area contributed by atoms with Crippen molar-refractivity contribution in [3.63, 3.8) is 0 Å². The van der Waals surface area contributed by atoms with E-state index in [1.807, 2.05) is 0 Å². The standard InChI is InChI=1S/C9H8F8O6S/c10-6(11,3-4-1-2-5(18)22-4)7(12,13)23-8(14,15)9(16,17)24(19,20)21/h4H,1-3H2,(H,19,20,21). The zero-order valence-electron chi connectivity index (χ0n) is 11.1. The lowest BCUT2D eigenvalue weighted by atomic mass is 10.1. The van der Waals surface area contributed by atoms with Crippen LogP contribution in [0.1, 0.15) is 19.3 Å². The van der Waals surface area contributed by atoms with Gasteiger partial charge in [-0.15, -0.1) is 0 Å². The molecule has 6 nitrogen and oxygen atoms in total. The summed E-state index contributed by atoms with van der Waals surface area (Å²) in [4.78, 5) is 10.7. The number of rotatable bonds is 7. The largest absolute Gasteiger partial charge is 0.462 e. The average Bonchev–Trinajstić information content (AvgIpc) is 2.70. The maximum atomic E-state index is 13.3. The molecule has 0 aromatic heterocycles. The van der Waals surface area contributed by atoms with Gasteiger partial charge in [-0.25, -0.2) is 4.74 Å². The van der Waals surface area contributed by atoms with E-state index >= 15 is 0 Å². The fourth-order valence-corrected chi connectivity index (χ4v) is 1.92. The van der Waals surface area contributed by atoms with Crippen LogP contribution in [0.2, 0.25) is 0 Å². The third kappa shape index (κ3) is 3.88. The normalized spacial score (nSPS) is 21.0. The summed E-state index contributed by atoms with van der Waals surface area (Å²) >= 11 is 0. The molecule has 0 spiro atoms. The molecule has 0 saturated carbocycles. The van der Waals surface area contributed by atoms with Gasteiger partial charge in [-0.05, 0) is 6.42 Å². The number of alkyl halides is 8. The Bertz CT molecular complexity index is 603. The summed E-state index contributed by atoms with van der Waals surface area (Å²) in [5.74, 6) is -6.55. The predicted octanol–water partition coefficient (Wildman–Crippen LogP) is 2.40. The third-order valence-corrected chi connectivity index (χ3v) is 3.68. The van der Waals surface area contributed by atoms with Crippen molar-refractivity contribution in [1.29, 1.82) is 0 Å². The molecule has 1 saturated heterocycles. The summed E-state index contributed by atoms with van der Waals surface area (Å²) in [6.07, 6.45) is -17.7. The van der Waals surface area contributed by atoms with E-state index < -0.39 is 64.8 Å². The second-order valence-electron chi connectivity index (χ2n) is 4.69. The van der Waals surface area contributed by atoms with Gasteiger partial charge >= 0.3 is 39.5 Å². The lowest BCUT2D eigenvalue weighted by Crippen LogP contribution is -2.56. The highest BCUT2D eigenvalue weighted by Crippen LogP contribution is 2.48.